The molecule has 0 atom stereocenters. The molecule has 5 N–H and O–H groups in total. The fraction of sp³-hybridized carbons (Fsp3) is 0.312. The normalized spacial score (nSPS) is 10.4. The van der Waals surface area contributed by atoms with Crippen LogP contribution in [0.4, 0.5) is 21.6 Å². The van der Waals surface area contributed by atoms with Gasteiger partial charge in [0.15, 0.2) is 0 Å². The predicted octanol–water partition coefficient (Wildman–Crippen LogP) is 2.66. The van der Waals surface area contributed by atoms with Crippen molar-refractivity contribution >= 4 is 29.0 Å². The van der Waals surface area contributed by atoms with E-state index < -0.39 is 5.82 Å². The number of aromatic amines is 1. The zero-order valence-electron chi connectivity index (χ0n) is 13.1. The monoisotopic (exact) mass is 333 g/mol. The fourth-order valence-electron chi connectivity index (χ4n) is 2.15. The average molecular weight is 333 g/mol. The third-order valence-electron chi connectivity index (χ3n) is 3.37. The van der Waals surface area contributed by atoms with Gasteiger partial charge in [0, 0.05) is 18.9 Å². The third-order valence-corrected chi connectivity index (χ3v) is 3.37. The second kappa shape index (κ2) is 8.66. The molecule has 1 aromatic carbocycles. The second-order valence-corrected chi connectivity index (χ2v) is 5.36. The second-order valence-electron chi connectivity index (χ2n) is 5.36. The molecule has 24 heavy (non-hydrogen) atoms. The van der Waals surface area contributed by atoms with E-state index in [0.29, 0.717) is 37.2 Å². The molecular weight excluding hydrogens is 313 g/mol. The van der Waals surface area contributed by atoms with Crippen LogP contribution in [0.5, 0.6) is 0 Å². The molecule has 0 bridgehead atoms. The van der Waals surface area contributed by atoms with Crippen LogP contribution in [0, 0.1) is 5.82 Å². The Morgan fingerprint density at radius 2 is 1.79 bits per heavy atom. The molecule has 8 heteroatoms. The van der Waals surface area contributed by atoms with Gasteiger partial charge in [0.05, 0.1) is 17.6 Å². The highest BCUT2D eigenvalue weighted by atomic mass is 19.1. The van der Waals surface area contributed by atoms with E-state index in [0.717, 1.165) is 12.5 Å². The molecule has 2 amide bonds. The molecular formula is C16H20FN5O2. The fourth-order valence-corrected chi connectivity index (χ4v) is 2.15. The van der Waals surface area contributed by atoms with Gasteiger partial charge >= 0.3 is 0 Å². The number of halogens is 1. The van der Waals surface area contributed by atoms with Crippen LogP contribution in [0.15, 0.2) is 30.5 Å². The van der Waals surface area contributed by atoms with Crippen molar-refractivity contribution in [3.8, 4) is 0 Å². The number of nitrogens with zero attached hydrogens (tertiary/aromatic N) is 1. The van der Waals surface area contributed by atoms with Crippen molar-refractivity contribution in [3.63, 3.8) is 0 Å². The highest BCUT2D eigenvalue weighted by molar-refractivity contribution is 5.93. The molecule has 0 aliphatic heterocycles. The predicted molar refractivity (Wildman–Crippen MR) is 89.7 cm³/mol. The SMILES string of the molecule is Nc1cc(F)ccc1NC(=O)CCCCCC(=O)Nc1ccn[nH]1. The number of unbranched alkanes of at least 4 members (excludes halogenated alkanes) is 2. The first kappa shape index (κ1) is 17.5. The van der Waals surface area contributed by atoms with Crippen molar-refractivity contribution in [2.24, 2.45) is 0 Å². The Morgan fingerprint density at radius 1 is 1.08 bits per heavy atom. The van der Waals surface area contributed by atoms with E-state index in [1.54, 1.807) is 12.3 Å². The minimum Gasteiger partial charge on any atom is -0.397 e. The zero-order valence-corrected chi connectivity index (χ0v) is 13.1. The van der Waals surface area contributed by atoms with E-state index >= 15 is 0 Å². The van der Waals surface area contributed by atoms with Crippen LogP contribution in [-0.2, 0) is 9.59 Å². The molecule has 0 unspecified atom stereocenters. The summed E-state index contributed by atoms with van der Waals surface area (Å²) in [6.07, 6.45) is 4.35. The first-order chi connectivity index (χ1) is 11.5. The largest absolute Gasteiger partial charge is 0.397 e. The average Bonchev–Trinajstić information content (AvgIpc) is 3.02. The van der Waals surface area contributed by atoms with Gasteiger partial charge in [0.25, 0.3) is 0 Å². The molecule has 1 aromatic heterocycles. The number of nitrogens with one attached hydrogen (secondary N) is 3. The zero-order chi connectivity index (χ0) is 17.4. The number of hydrogen-bond acceptors (Lipinski definition) is 4. The molecule has 0 aliphatic rings. The number of amides is 2. The molecule has 0 aliphatic carbocycles. The van der Waals surface area contributed by atoms with Crippen LogP contribution in [0.3, 0.4) is 0 Å². The number of carbonyl (C=O) groups excluding carboxylic acids is 2. The lowest BCUT2D eigenvalue weighted by molar-refractivity contribution is -0.116. The summed E-state index contributed by atoms with van der Waals surface area (Å²) in [5.41, 5.74) is 6.23. The van der Waals surface area contributed by atoms with Crippen molar-refractivity contribution in [1.29, 1.82) is 0 Å². The molecule has 7 nitrogen and oxygen atoms in total. The van der Waals surface area contributed by atoms with E-state index in [-0.39, 0.29) is 17.5 Å². The molecule has 1 heterocycles. The van der Waals surface area contributed by atoms with Crippen molar-refractivity contribution in [2.45, 2.75) is 32.1 Å². The Bertz CT molecular complexity index is 688. The summed E-state index contributed by atoms with van der Waals surface area (Å²) in [5, 5.41) is 11.7. The number of nitrogen functional groups attached to an aromatic ring is 1. The minimum absolute atomic E-state index is 0.0946. The highest BCUT2D eigenvalue weighted by Crippen LogP contribution is 2.19. The summed E-state index contributed by atoms with van der Waals surface area (Å²) >= 11 is 0. The van der Waals surface area contributed by atoms with Crippen LogP contribution in [-0.4, -0.2) is 22.0 Å². The quantitative estimate of drug-likeness (QED) is 0.439. The number of hydrogen-bond donors (Lipinski definition) is 4. The van der Waals surface area contributed by atoms with Gasteiger partial charge in [-0.25, -0.2) is 4.39 Å². The number of anilines is 3. The highest BCUT2D eigenvalue weighted by Gasteiger charge is 2.07. The number of aromatic nitrogens is 2. The molecule has 0 spiro atoms. The van der Waals surface area contributed by atoms with Crippen LogP contribution in [0.2, 0.25) is 0 Å². The first-order valence-electron chi connectivity index (χ1n) is 7.68. The van der Waals surface area contributed by atoms with E-state index in [4.69, 9.17) is 5.73 Å². The number of H-pyrrole nitrogens is 1. The third kappa shape index (κ3) is 5.71. The summed E-state index contributed by atoms with van der Waals surface area (Å²) in [7, 11) is 0. The van der Waals surface area contributed by atoms with Crippen LogP contribution >= 0.6 is 0 Å². The van der Waals surface area contributed by atoms with Crippen molar-refractivity contribution < 1.29 is 14.0 Å². The molecule has 0 fully saturated rings. The molecule has 2 rings (SSSR count). The van der Waals surface area contributed by atoms with E-state index in [1.165, 1.54) is 12.1 Å². The summed E-state index contributed by atoms with van der Waals surface area (Å²) in [6, 6.07) is 5.50. The molecule has 128 valence electrons. The van der Waals surface area contributed by atoms with Crippen LogP contribution in [0.1, 0.15) is 32.1 Å². The van der Waals surface area contributed by atoms with Crippen molar-refractivity contribution in [1.82, 2.24) is 10.2 Å². The lowest BCUT2D eigenvalue weighted by Gasteiger charge is -2.08. The Hall–Kier alpha value is -2.90. The van der Waals surface area contributed by atoms with Crippen LogP contribution < -0.4 is 16.4 Å². The van der Waals surface area contributed by atoms with Gasteiger partial charge in [-0.3, -0.25) is 14.7 Å². The Labute approximate surface area is 138 Å². The van der Waals surface area contributed by atoms with Gasteiger partial charge in [-0.05, 0) is 31.0 Å². The van der Waals surface area contributed by atoms with Gasteiger partial charge in [0.2, 0.25) is 11.8 Å². The van der Waals surface area contributed by atoms with Crippen molar-refractivity contribution in [3.05, 3.63) is 36.3 Å². The number of rotatable bonds is 8. The molecule has 0 radical (unpaired) electrons. The van der Waals surface area contributed by atoms with E-state index in [9.17, 15) is 14.0 Å². The number of benzene rings is 1. The molecule has 0 saturated heterocycles. The van der Waals surface area contributed by atoms with Crippen molar-refractivity contribution in [2.75, 3.05) is 16.4 Å². The summed E-state index contributed by atoms with van der Waals surface area (Å²) in [5.74, 6) is -0.159. The Kier molecular flexibility index (Phi) is 6.30. The lowest BCUT2D eigenvalue weighted by Crippen LogP contribution is -2.13. The summed E-state index contributed by atoms with van der Waals surface area (Å²) < 4.78 is 12.9. The molecule has 0 saturated carbocycles. The molecule has 2 aromatic rings. The van der Waals surface area contributed by atoms with Gasteiger partial charge in [0.1, 0.15) is 11.6 Å². The van der Waals surface area contributed by atoms with Gasteiger partial charge in [-0.15, -0.1) is 0 Å². The van der Waals surface area contributed by atoms with E-state index in [1.807, 2.05) is 0 Å². The maximum absolute atomic E-state index is 12.9. The smallest absolute Gasteiger partial charge is 0.225 e. The maximum Gasteiger partial charge on any atom is 0.225 e. The first-order valence-corrected chi connectivity index (χ1v) is 7.68. The topological polar surface area (TPSA) is 113 Å². The van der Waals surface area contributed by atoms with E-state index in [2.05, 4.69) is 20.8 Å². The van der Waals surface area contributed by atoms with Gasteiger partial charge in [-0.1, -0.05) is 6.42 Å². The Morgan fingerprint density at radius 3 is 2.42 bits per heavy atom. The number of nitrogens with two attached hydrogens (primary N) is 1. The summed E-state index contributed by atoms with van der Waals surface area (Å²) in [4.78, 5) is 23.4. The van der Waals surface area contributed by atoms with Gasteiger partial charge in [-0.2, -0.15) is 5.10 Å². The lowest BCUT2D eigenvalue weighted by atomic mass is 10.1. The maximum atomic E-state index is 12.9. The number of carbonyl (C=O) groups is 2. The van der Waals surface area contributed by atoms with Crippen LogP contribution in [0.25, 0.3) is 0 Å². The minimum atomic E-state index is -0.445. The summed E-state index contributed by atoms with van der Waals surface area (Å²) in [6.45, 7) is 0. The van der Waals surface area contributed by atoms with Gasteiger partial charge < -0.3 is 16.4 Å². The Balaban J connectivity index is 1.60. The standard InChI is InChI=1S/C16H20FN5O2/c17-11-6-7-13(12(18)10-11)20-15(23)4-2-1-3-5-16(24)21-14-8-9-19-22-14/h6-10H,1-5,18H2,(H,20,23)(H2,19,21,22,24).